The lowest BCUT2D eigenvalue weighted by Crippen LogP contribution is -2.28. The lowest BCUT2D eigenvalue weighted by atomic mass is 10.0. The minimum atomic E-state index is -0.792. The van der Waals surface area contributed by atoms with Gasteiger partial charge in [0, 0.05) is 12.8 Å². The molecule has 0 bridgehead atoms. The van der Waals surface area contributed by atoms with Crippen LogP contribution in [0.3, 0.4) is 0 Å². The molecule has 0 rings (SSSR count). The van der Waals surface area contributed by atoms with Crippen molar-refractivity contribution in [2.24, 2.45) is 0 Å². The van der Waals surface area contributed by atoms with Crippen LogP contribution in [0, 0.1) is 0 Å². The van der Waals surface area contributed by atoms with Crippen LogP contribution in [-0.4, -0.2) is 36.4 Å². The van der Waals surface area contributed by atoms with Crippen molar-refractivity contribution in [3.05, 3.63) is 170 Å². The van der Waals surface area contributed by atoms with Gasteiger partial charge in [-0.05, 0) is 128 Å². The van der Waals surface area contributed by atoms with Gasteiger partial charge in [-0.15, -0.1) is 0 Å². The lowest BCUT2D eigenvalue weighted by molar-refractivity contribution is -0.161. The SMILES string of the molecule is CC/C=C\C/C=C\C/C=C\C/C=C\C/C=C\C/C=C\C/C=C\C/C=C\CCCCCCCCCCC(=O)OC(CO)COC(=O)CCCCCCCCCCCCCC/C=C\C/C=C\C/C=C\C/C=C\C/C=C\C/C=C\CC. The Kier molecular flexibility index (Phi) is 62.5. The average molecular weight is 1070 g/mol. The predicted molar refractivity (Wildman–Crippen MR) is 343 cm³/mol. The molecule has 5 heteroatoms. The van der Waals surface area contributed by atoms with Gasteiger partial charge in [0.2, 0.25) is 0 Å². The van der Waals surface area contributed by atoms with Crippen molar-refractivity contribution in [3.63, 3.8) is 0 Å². The molecular formula is C73H116O5. The van der Waals surface area contributed by atoms with Crippen molar-refractivity contribution in [2.75, 3.05) is 13.2 Å². The summed E-state index contributed by atoms with van der Waals surface area (Å²) < 4.78 is 10.7. The molecule has 1 unspecified atom stereocenters. The van der Waals surface area contributed by atoms with Crippen molar-refractivity contribution >= 4 is 11.9 Å². The molecule has 0 aromatic heterocycles. The summed E-state index contributed by atoms with van der Waals surface area (Å²) >= 11 is 0. The van der Waals surface area contributed by atoms with Crippen molar-refractivity contribution in [1.29, 1.82) is 0 Å². The van der Waals surface area contributed by atoms with Crippen LogP contribution in [0.25, 0.3) is 0 Å². The van der Waals surface area contributed by atoms with Crippen LogP contribution in [0.2, 0.25) is 0 Å². The topological polar surface area (TPSA) is 72.8 Å². The predicted octanol–water partition coefficient (Wildman–Crippen LogP) is 22.1. The molecule has 0 aliphatic rings. The third-order valence-corrected chi connectivity index (χ3v) is 13.0. The highest BCUT2D eigenvalue weighted by Gasteiger charge is 2.16. The normalized spacial score (nSPS) is 13.4. The molecule has 78 heavy (non-hydrogen) atoms. The molecule has 0 aromatic carbocycles. The Morgan fingerprint density at radius 3 is 0.769 bits per heavy atom. The van der Waals surface area contributed by atoms with Crippen LogP contribution in [0.15, 0.2) is 170 Å². The summed E-state index contributed by atoms with van der Waals surface area (Å²) in [6.45, 7) is 3.90. The van der Waals surface area contributed by atoms with Crippen LogP contribution < -0.4 is 0 Å². The Morgan fingerprint density at radius 2 is 0.513 bits per heavy atom. The van der Waals surface area contributed by atoms with Gasteiger partial charge in [0.25, 0.3) is 0 Å². The number of aliphatic hydroxyl groups excluding tert-OH is 1. The van der Waals surface area contributed by atoms with Gasteiger partial charge in [0.1, 0.15) is 6.61 Å². The second-order valence-corrected chi connectivity index (χ2v) is 20.4. The zero-order chi connectivity index (χ0) is 56.2. The summed E-state index contributed by atoms with van der Waals surface area (Å²) in [7, 11) is 0. The van der Waals surface area contributed by atoms with Gasteiger partial charge in [0.05, 0.1) is 6.61 Å². The summed E-state index contributed by atoms with van der Waals surface area (Å²) in [6.07, 6.45) is 103. The van der Waals surface area contributed by atoms with E-state index in [-0.39, 0.29) is 25.2 Å². The molecule has 1 N–H and O–H groups in total. The van der Waals surface area contributed by atoms with E-state index < -0.39 is 6.10 Å². The molecule has 0 spiro atoms. The van der Waals surface area contributed by atoms with Crippen LogP contribution in [0.5, 0.6) is 0 Å². The van der Waals surface area contributed by atoms with E-state index in [1.807, 2.05) is 0 Å². The van der Waals surface area contributed by atoms with E-state index in [4.69, 9.17) is 9.47 Å². The monoisotopic (exact) mass is 1070 g/mol. The second kappa shape index (κ2) is 66.5. The number of rotatable bonds is 56. The van der Waals surface area contributed by atoms with Gasteiger partial charge in [0.15, 0.2) is 6.10 Å². The standard InChI is InChI=1S/C73H116O5/c1-3-5-7-9-11-13-15-17-19-21-23-25-27-29-31-33-35-36-38-40-42-44-46-48-50-52-54-56-58-60-62-64-66-68-73(76)78-71(69-74)70-77-72(75)67-65-63-61-59-57-55-53-51-49-47-45-43-41-39-37-34-32-30-28-26-24-22-20-18-16-14-12-10-8-6-4-2/h5-8,11-14,17-20,23-26,29-32,35-37,39-40,42,46,48,71,74H,3-4,9-10,15-16,21-22,27-28,33-34,38,41,43-45,47,49-70H2,1-2H3/b7-5-,8-6-,13-11-,14-12-,19-17-,20-18-,25-23-,26-24-,31-29-,32-30-,36-35-,39-37-,42-40-,48-46-. The molecule has 0 saturated carbocycles. The molecule has 5 nitrogen and oxygen atoms in total. The van der Waals surface area contributed by atoms with Crippen molar-refractivity contribution in [3.8, 4) is 0 Å². The largest absolute Gasteiger partial charge is 0.462 e. The zero-order valence-corrected chi connectivity index (χ0v) is 50.1. The molecule has 1 atom stereocenters. The molecule has 0 aliphatic heterocycles. The molecule has 0 aromatic rings. The number of hydrogen-bond donors (Lipinski definition) is 1. The summed E-state index contributed by atoms with van der Waals surface area (Å²) in [5.41, 5.74) is 0. The van der Waals surface area contributed by atoms with E-state index in [2.05, 4.69) is 184 Å². The first kappa shape index (κ1) is 73.3. The van der Waals surface area contributed by atoms with E-state index in [9.17, 15) is 14.7 Å². The number of esters is 2. The van der Waals surface area contributed by atoms with Crippen LogP contribution in [-0.2, 0) is 19.1 Å². The van der Waals surface area contributed by atoms with Crippen LogP contribution in [0.4, 0.5) is 0 Å². The molecule has 0 amide bonds. The number of ether oxygens (including phenoxy) is 2. The van der Waals surface area contributed by atoms with Crippen molar-refractivity contribution < 1.29 is 24.2 Å². The molecule has 0 radical (unpaired) electrons. The first-order chi connectivity index (χ1) is 38.6. The quantitative estimate of drug-likeness (QED) is 0.0373. The molecule has 0 heterocycles. The highest BCUT2D eigenvalue weighted by atomic mass is 16.6. The Morgan fingerprint density at radius 1 is 0.295 bits per heavy atom. The number of unbranched alkanes of at least 4 members (excludes halogenated alkanes) is 20. The van der Waals surface area contributed by atoms with Gasteiger partial charge in [-0.2, -0.15) is 0 Å². The fourth-order valence-electron chi connectivity index (χ4n) is 8.34. The Labute approximate surface area is 481 Å². The third-order valence-electron chi connectivity index (χ3n) is 13.0. The number of carbonyl (C=O) groups excluding carboxylic acids is 2. The number of carbonyl (C=O) groups is 2. The minimum absolute atomic E-state index is 0.0802. The number of aliphatic hydroxyl groups is 1. The average Bonchev–Trinajstić information content (AvgIpc) is 3.44. The molecule has 438 valence electrons. The molecule has 0 saturated heterocycles. The second-order valence-electron chi connectivity index (χ2n) is 20.4. The van der Waals surface area contributed by atoms with Crippen LogP contribution >= 0.6 is 0 Å². The highest BCUT2D eigenvalue weighted by Crippen LogP contribution is 2.15. The maximum absolute atomic E-state index is 12.3. The number of hydrogen-bond acceptors (Lipinski definition) is 5. The smallest absolute Gasteiger partial charge is 0.306 e. The van der Waals surface area contributed by atoms with Gasteiger partial charge in [-0.25, -0.2) is 0 Å². The fraction of sp³-hybridized carbons (Fsp3) is 0.589. The van der Waals surface area contributed by atoms with E-state index in [0.29, 0.717) is 12.8 Å². The summed E-state index contributed by atoms with van der Waals surface area (Å²) in [5, 5.41) is 9.69. The summed E-state index contributed by atoms with van der Waals surface area (Å²) in [6, 6.07) is 0. The van der Waals surface area contributed by atoms with Crippen molar-refractivity contribution in [1.82, 2.24) is 0 Å². The van der Waals surface area contributed by atoms with E-state index in [1.165, 1.54) is 96.3 Å². The Bertz CT molecular complexity index is 1740. The minimum Gasteiger partial charge on any atom is -0.462 e. The molecule has 0 fully saturated rings. The van der Waals surface area contributed by atoms with E-state index in [1.54, 1.807) is 0 Å². The maximum atomic E-state index is 12.3. The van der Waals surface area contributed by atoms with Crippen molar-refractivity contribution in [2.45, 2.75) is 264 Å². The molecular weight excluding hydrogens is 957 g/mol. The van der Waals surface area contributed by atoms with Gasteiger partial charge in [-0.3, -0.25) is 9.59 Å². The zero-order valence-electron chi connectivity index (χ0n) is 50.1. The summed E-state index contributed by atoms with van der Waals surface area (Å²) in [4.78, 5) is 24.6. The summed E-state index contributed by atoms with van der Waals surface area (Å²) in [5.74, 6) is -0.610. The van der Waals surface area contributed by atoms with Gasteiger partial charge < -0.3 is 14.6 Å². The van der Waals surface area contributed by atoms with Gasteiger partial charge in [-0.1, -0.05) is 287 Å². The molecule has 0 aliphatic carbocycles. The Balaban J connectivity index is 3.58. The van der Waals surface area contributed by atoms with Crippen LogP contribution in [0.1, 0.15) is 258 Å². The number of allylic oxidation sites excluding steroid dienone is 28. The van der Waals surface area contributed by atoms with Gasteiger partial charge >= 0.3 is 11.9 Å². The first-order valence-corrected chi connectivity index (χ1v) is 31.7. The van der Waals surface area contributed by atoms with E-state index >= 15 is 0 Å². The fourth-order valence-corrected chi connectivity index (χ4v) is 8.34. The third kappa shape index (κ3) is 63.8. The Hall–Kier alpha value is -4.74. The van der Waals surface area contributed by atoms with E-state index in [0.717, 1.165) is 135 Å². The maximum Gasteiger partial charge on any atom is 0.306 e. The lowest BCUT2D eigenvalue weighted by Gasteiger charge is -2.15. The highest BCUT2D eigenvalue weighted by molar-refractivity contribution is 5.70. The first-order valence-electron chi connectivity index (χ1n) is 31.7.